The van der Waals surface area contributed by atoms with Gasteiger partial charge in [0.05, 0.1) is 13.0 Å². The molecule has 0 aromatic heterocycles. The quantitative estimate of drug-likeness (QED) is 0.695. The van der Waals surface area contributed by atoms with E-state index in [-0.39, 0.29) is 29.3 Å². The van der Waals surface area contributed by atoms with Gasteiger partial charge in [-0.3, -0.25) is 24.7 Å². The second-order valence-corrected chi connectivity index (χ2v) is 6.22. The lowest BCUT2D eigenvalue weighted by molar-refractivity contribution is -0.131. The fourth-order valence-corrected chi connectivity index (χ4v) is 2.70. The SMILES string of the molecule is CCCOc1ccc(NC(=O)CC2C(=O)N(C)C(=S)N2NC(C)=O)cc1. The first kappa shape index (κ1) is 19.6. The number of amides is 3. The van der Waals surface area contributed by atoms with E-state index in [1.807, 2.05) is 6.92 Å². The van der Waals surface area contributed by atoms with Gasteiger partial charge in [0, 0.05) is 19.7 Å². The van der Waals surface area contributed by atoms with Crippen LogP contribution in [-0.2, 0) is 14.4 Å². The van der Waals surface area contributed by atoms with Crippen molar-refractivity contribution in [2.24, 2.45) is 0 Å². The van der Waals surface area contributed by atoms with Crippen molar-refractivity contribution in [3.8, 4) is 5.75 Å². The molecule has 1 heterocycles. The van der Waals surface area contributed by atoms with E-state index >= 15 is 0 Å². The summed E-state index contributed by atoms with van der Waals surface area (Å²) in [7, 11) is 1.51. The average Bonchev–Trinajstić information content (AvgIpc) is 2.79. The van der Waals surface area contributed by atoms with Crippen LogP contribution in [0.2, 0.25) is 0 Å². The zero-order valence-electron chi connectivity index (χ0n) is 14.9. The van der Waals surface area contributed by atoms with Gasteiger partial charge in [-0.15, -0.1) is 0 Å². The number of thiocarbonyl (C=S) groups is 1. The van der Waals surface area contributed by atoms with Crippen LogP contribution < -0.4 is 15.5 Å². The van der Waals surface area contributed by atoms with E-state index in [4.69, 9.17) is 17.0 Å². The highest BCUT2D eigenvalue weighted by Crippen LogP contribution is 2.19. The Labute approximate surface area is 157 Å². The lowest BCUT2D eigenvalue weighted by Crippen LogP contribution is -2.48. The van der Waals surface area contributed by atoms with Crippen LogP contribution in [0.15, 0.2) is 24.3 Å². The van der Waals surface area contributed by atoms with Crippen molar-refractivity contribution >= 4 is 40.7 Å². The highest BCUT2D eigenvalue weighted by Gasteiger charge is 2.42. The minimum absolute atomic E-state index is 0.141. The molecule has 1 aliphatic heterocycles. The summed E-state index contributed by atoms with van der Waals surface area (Å²) in [4.78, 5) is 37.2. The highest BCUT2D eigenvalue weighted by molar-refractivity contribution is 7.80. The molecule has 0 spiro atoms. The molecular weight excluding hydrogens is 356 g/mol. The third-order valence-corrected chi connectivity index (χ3v) is 4.16. The topological polar surface area (TPSA) is 91.0 Å². The molecule has 3 amide bonds. The number of benzene rings is 1. The molecule has 1 aliphatic rings. The van der Waals surface area contributed by atoms with E-state index in [2.05, 4.69) is 10.7 Å². The Morgan fingerprint density at radius 3 is 2.50 bits per heavy atom. The summed E-state index contributed by atoms with van der Waals surface area (Å²) in [5.74, 6) is -0.357. The molecule has 0 saturated carbocycles. The van der Waals surface area contributed by atoms with Gasteiger partial charge >= 0.3 is 0 Å². The highest BCUT2D eigenvalue weighted by atomic mass is 32.1. The first-order valence-electron chi connectivity index (χ1n) is 8.24. The van der Waals surface area contributed by atoms with Gasteiger partial charge in [0.2, 0.25) is 11.8 Å². The molecule has 1 fully saturated rings. The molecule has 1 unspecified atom stereocenters. The van der Waals surface area contributed by atoms with Crippen molar-refractivity contribution in [2.45, 2.75) is 32.7 Å². The van der Waals surface area contributed by atoms with Crippen LogP contribution >= 0.6 is 12.2 Å². The van der Waals surface area contributed by atoms with E-state index in [0.29, 0.717) is 12.3 Å². The number of hydrazine groups is 1. The monoisotopic (exact) mass is 378 g/mol. The molecule has 0 radical (unpaired) electrons. The van der Waals surface area contributed by atoms with Crippen molar-refractivity contribution in [1.29, 1.82) is 0 Å². The predicted octanol–water partition coefficient (Wildman–Crippen LogP) is 1.28. The van der Waals surface area contributed by atoms with Gasteiger partial charge in [-0.2, -0.15) is 0 Å². The Morgan fingerprint density at radius 2 is 1.92 bits per heavy atom. The Hall–Kier alpha value is -2.68. The number of ether oxygens (including phenoxy) is 1. The van der Waals surface area contributed by atoms with Crippen molar-refractivity contribution in [2.75, 3.05) is 19.0 Å². The summed E-state index contributed by atoms with van der Waals surface area (Å²) in [5.41, 5.74) is 3.08. The number of carbonyl (C=O) groups is 3. The molecule has 26 heavy (non-hydrogen) atoms. The normalized spacial score (nSPS) is 16.7. The maximum atomic E-state index is 12.3. The number of rotatable bonds is 7. The van der Waals surface area contributed by atoms with Gasteiger partial charge in [-0.25, -0.2) is 5.01 Å². The van der Waals surface area contributed by atoms with E-state index in [1.54, 1.807) is 24.3 Å². The largest absolute Gasteiger partial charge is 0.494 e. The summed E-state index contributed by atoms with van der Waals surface area (Å²) < 4.78 is 5.49. The molecule has 8 nitrogen and oxygen atoms in total. The minimum Gasteiger partial charge on any atom is -0.494 e. The number of nitrogens with one attached hydrogen (secondary N) is 2. The minimum atomic E-state index is -0.872. The molecule has 2 N–H and O–H groups in total. The van der Waals surface area contributed by atoms with Gasteiger partial charge in [0.15, 0.2) is 5.11 Å². The predicted molar refractivity (Wildman–Crippen MR) is 100 cm³/mol. The molecule has 2 rings (SSSR count). The molecule has 9 heteroatoms. The van der Waals surface area contributed by atoms with Crippen LogP contribution in [0.3, 0.4) is 0 Å². The van der Waals surface area contributed by atoms with Gasteiger partial charge < -0.3 is 10.1 Å². The van der Waals surface area contributed by atoms with Crippen molar-refractivity contribution in [3.05, 3.63) is 24.3 Å². The van der Waals surface area contributed by atoms with Crippen molar-refractivity contribution in [1.82, 2.24) is 15.3 Å². The van der Waals surface area contributed by atoms with Gasteiger partial charge in [0.25, 0.3) is 5.91 Å². The number of nitrogens with zero attached hydrogens (tertiary/aromatic N) is 2. The number of hydrogen-bond donors (Lipinski definition) is 2. The Bertz CT molecular complexity index is 707. The maximum absolute atomic E-state index is 12.3. The van der Waals surface area contributed by atoms with E-state index in [0.717, 1.165) is 12.2 Å². The van der Waals surface area contributed by atoms with Crippen molar-refractivity contribution < 1.29 is 19.1 Å². The lowest BCUT2D eigenvalue weighted by atomic mass is 10.2. The molecule has 0 aliphatic carbocycles. The molecule has 0 bridgehead atoms. The smallest absolute Gasteiger partial charge is 0.253 e. The van der Waals surface area contributed by atoms with Crippen LogP contribution in [0.1, 0.15) is 26.7 Å². The zero-order valence-corrected chi connectivity index (χ0v) is 15.8. The van der Waals surface area contributed by atoms with Gasteiger partial charge in [-0.05, 0) is 42.9 Å². The van der Waals surface area contributed by atoms with E-state index < -0.39 is 6.04 Å². The molecule has 1 aromatic carbocycles. The summed E-state index contributed by atoms with van der Waals surface area (Å²) in [6.45, 7) is 3.96. The zero-order chi connectivity index (χ0) is 19.3. The molecule has 1 atom stereocenters. The number of carbonyl (C=O) groups excluding carboxylic acids is 3. The van der Waals surface area contributed by atoms with Crippen molar-refractivity contribution in [3.63, 3.8) is 0 Å². The van der Waals surface area contributed by atoms with Gasteiger partial charge in [-0.1, -0.05) is 6.92 Å². The van der Waals surface area contributed by atoms with Crippen LogP contribution in [0.25, 0.3) is 0 Å². The van der Waals surface area contributed by atoms with E-state index in [1.165, 1.54) is 23.9 Å². The summed E-state index contributed by atoms with van der Waals surface area (Å²) in [6.07, 6.45) is 0.771. The van der Waals surface area contributed by atoms with E-state index in [9.17, 15) is 14.4 Å². The molecular formula is C17H22N4O4S. The summed E-state index contributed by atoms with van der Waals surface area (Å²) >= 11 is 5.14. The van der Waals surface area contributed by atoms with Crippen LogP contribution in [0.4, 0.5) is 5.69 Å². The number of anilines is 1. The van der Waals surface area contributed by atoms with Gasteiger partial charge in [0.1, 0.15) is 11.8 Å². The summed E-state index contributed by atoms with van der Waals surface area (Å²) in [5, 5.41) is 4.13. The molecule has 140 valence electrons. The molecule has 1 saturated heterocycles. The third kappa shape index (κ3) is 4.69. The second-order valence-electron chi connectivity index (χ2n) is 5.86. The lowest BCUT2D eigenvalue weighted by Gasteiger charge is -2.23. The number of likely N-dealkylation sites (N-methyl/N-ethyl adjacent to an activating group) is 1. The first-order chi connectivity index (χ1) is 12.3. The maximum Gasteiger partial charge on any atom is 0.253 e. The Morgan fingerprint density at radius 1 is 1.27 bits per heavy atom. The Kier molecular flexibility index (Phi) is 6.51. The fourth-order valence-electron chi connectivity index (χ4n) is 2.44. The average molecular weight is 378 g/mol. The third-order valence-electron chi connectivity index (χ3n) is 3.69. The first-order valence-corrected chi connectivity index (χ1v) is 8.65. The molecule has 1 aromatic rings. The second kappa shape index (κ2) is 8.61. The number of hydrogen-bond acceptors (Lipinski definition) is 5. The Balaban J connectivity index is 2.00. The van der Waals surface area contributed by atoms with Crippen LogP contribution in [-0.4, -0.2) is 52.4 Å². The summed E-state index contributed by atoms with van der Waals surface area (Å²) in [6, 6.07) is 6.10. The fraction of sp³-hybridized carbons (Fsp3) is 0.412. The standard InChI is InChI=1S/C17H22N4O4S/c1-4-9-25-13-7-5-12(6-8-13)18-15(23)10-14-16(24)20(3)17(26)21(14)19-11(2)22/h5-8,14H,4,9-10H2,1-3H3,(H,18,23)(H,19,22). The van der Waals surface area contributed by atoms with Crippen LogP contribution in [0, 0.1) is 0 Å². The van der Waals surface area contributed by atoms with Crippen LogP contribution in [0.5, 0.6) is 5.75 Å².